The minimum absolute atomic E-state index is 0.231. The zero-order valence-corrected chi connectivity index (χ0v) is 11.1. The minimum atomic E-state index is -0.573. The zero-order valence-electron chi connectivity index (χ0n) is 11.1. The van der Waals surface area contributed by atoms with Gasteiger partial charge in [0.05, 0.1) is 6.07 Å². The number of hydrogen-bond donors (Lipinski definition) is 2. The summed E-state index contributed by atoms with van der Waals surface area (Å²) < 4.78 is 5.34. The molecule has 0 radical (unpaired) electrons. The van der Waals surface area contributed by atoms with Crippen molar-refractivity contribution in [2.75, 3.05) is 6.61 Å². The fourth-order valence-electron chi connectivity index (χ4n) is 1.70. The Morgan fingerprint density at radius 2 is 1.76 bits per heavy atom. The molecule has 0 heterocycles. The molecule has 0 fully saturated rings. The minimum Gasteiger partial charge on any atom is -0.484 e. The first-order valence-corrected chi connectivity index (χ1v) is 6.25. The van der Waals surface area contributed by atoms with Crippen LogP contribution in [0, 0.1) is 11.3 Å². The molecule has 0 aliphatic carbocycles. The fourth-order valence-corrected chi connectivity index (χ4v) is 1.70. The summed E-state index contributed by atoms with van der Waals surface area (Å²) in [4.78, 5) is 22.4. The third-order valence-corrected chi connectivity index (χ3v) is 2.67. The molecular weight excluding hydrogens is 270 g/mol. The average molecular weight is 283 g/mol. The second-order valence-corrected chi connectivity index (χ2v) is 4.23. The van der Waals surface area contributed by atoms with E-state index in [-0.39, 0.29) is 13.0 Å². The van der Waals surface area contributed by atoms with Gasteiger partial charge in [0.15, 0.2) is 6.61 Å². The fraction of sp³-hybridized carbons (Fsp3) is 0.133. The van der Waals surface area contributed by atoms with Crippen molar-refractivity contribution in [2.24, 2.45) is 0 Å². The second-order valence-electron chi connectivity index (χ2n) is 4.23. The van der Waals surface area contributed by atoms with Crippen molar-refractivity contribution in [3.63, 3.8) is 0 Å². The highest BCUT2D eigenvalue weighted by atomic mass is 16.5. The number of hydrazine groups is 1. The maximum atomic E-state index is 11.5. The third kappa shape index (κ3) is 4.21. The predicted molar refractivity (Wildman–Crippen MR) is 76.0 cm³/mol. The highest BCUT2D eigenvalue weighted by Crippen LogP contribution is 2.20. The molecule has 0 saturated heterocycles. The maximum absolute atomic E-state index is 11.5. The molecule has 0 aliphatic heterocycles. The van der Waals surface area contributed by atoms with Crippen molar-refractivity contribution in [3.8, 4) is 11.8 Å². The lowest BCUT2D eigenvalue weighted by Crippen LogP contribution is -2.43. The highest BCUT2D eigenvalue weighted by Gasteiger charge is 2.05. The highest BCUT2D eigenvalue weighted by molar-refractivity contribution is 5.85. The van der Waals surface area contributed by atoms with Gasteiger partial charge in [0.2, 0.25) is 0 Å². The number of nitriles is 1. The number of nitrogens with zero attached hydrogens (tertiary/aromatic N) is 1. The molecule has 0 aliphatic rings. The van der Waals surface area contributed by atoms with Gasteiger partial charge in [0, 0.05) is 0 Å². The van der Waals surface area contributed by atoms with Crippen molar-refractivity contribution < 1.29 is 14.3 Å². The molecule has 21 heavy (non-hydrogen) atoms. The Morgan fingerprint density at radius 3 is 2.52 bits per heavy atom. The summed E-state index contributed by atoms with van der Waals surface area (Å²) in [5.74, 6) is -0.516. The van der Waals surface area contributed by atoms with Crippen LogP contribution in [-0.2, 0) is 9.59 Å². The second kappa shape index (κ2) is 6.91. The van der Waals surface area contributed by atoms with E-state index < -0.39 is 11.8 Å². The normalized spacial score (nSPS) is 9.67. The first-order valence-electron chi connectivity index (χ1n) is 6.25. The van der Waals surface area contributed by atoms with Gasteiger partial charge in [-0.15, -0.1) is 0 Å². The number of fused-ring (bicyclic) bond motifs is 1. The Hall–Kier alpha value is -3.07. The number of hydrogen-bond acceptors (Lipinski definition) is 4. The van der Waals surface area contributed by atoms with Crippen LogP contribution >= 0.6 is 0 Å². The van der Waals surface area contributed by atoms with Gasteiger partial charge in [-0.3, -0.25) is 20.4 Å². The van der Waals surface area contributed by atoms with Crippen LogP contribution in [0.4, 0.5) is 0 Å². The van der Waals surface area contributed by atoms with E-state index in [1.54, 1.807) is 12.1 Å². The van der Waals surface area contributed by atoms with Crippen molar-refractivity contribution in [1.82, 2.24) is 10.9 Å². The van der Waals surface area contributed by atoms with Gasteiger partial charge in [-0.2, -0.15) is 5.26 Å². The summed E-state index contributed by atoms with van der Waals surface area (Å²) in [6.45, 7) is -0.231. The average Bonchev–Trinajstić information content (AvgIpc) is 2.51. The quantitative estimate of drug-likeness (QED) is 0.827. The number of carbonyl (C=O) groups is 2. The Balaban J connectivity index is 1.85. The molecule has 106 valence electrons. The van der Waals surface area contributed by atoms with Crippen molar-refractivity contribution in [2.45, 2.75) is 6.42 Å². The number of amides is 2. The Labute approximate surface area is 121 Å². The number of carbonyl (C=O) groups excluding carboxylic acids is 2. The van der Waals surface area contributed by atoms with Crippen molar-refractivity contribution >= 4 is 22.6 Å². The molecule has 0 unspecified atom stereocenters. The van der Waals surface area contributed by atoms with Crippen molar-refractivity contribution in [3.05, 3.63) is 42.5 Å². The van der Waals surface area contributed by atoms with Crippen LogP contribution in [0.5, 0.6) is 5.75 Å². The lowest BCUT2D eigenvalue weighted by molar-refractivity contribution is -0.129. The van der Waals surface area contributed by atoms with Gasteiger partial charge in [0.1, 0.15) is 12.2 Å². The maximum Gasteiger partial charge on any atom is 0.276 e. The van der Waals surface area contributed by atoms with Crippen LogP contribution in [0.2, 0.25) is 0 Å². The molecular formula is C15H13N3O3. The van der Waals surface area contributed by atoms with Gasteiger partial charge >= 0.3 is 0 Å². The van der Waals surface area contributed by atoms with E-state index in [0.717, 1.165) is 10.8 Å². The van der Waals surface area contributed by atoms with Gasteiger partial charge in [0.25, 0.3) is 11.8 Å². The van der Waals surface area contributed by atoms with Crippen LogP contribution in [0.3, 0.4) is 0 Å². The van der Waals surface area contributed by atoms with Crippen LogP contribution in [-0.4, -0.2) is 18.4 Å². The summed E-state index contributed by atoms with van der Waals surface area (Å²) in [5, 5.41) is 10.4. The Kier molecular flexibility index (Phi) is 4.72. The number of rotatable bonds is 4. The first kappa shape index (κ1) is 14.3. The standard InChI is InChI=1S/C15H13N3O3/c16-8-7-14(19)17-18-15(20)10-21-13-6-5-11-3-1-2-4-12(11)9-13/h1-6,9H,7,10H2,(H,17,19)(H,18,20). The molecule has 2 aromatic carbocycles. The summed E-state index contributed by atoms with van der Waals surface area (Å²) in [6, 6.07) is 15.0. The molecule has 2 amide bonds. The van der Waals surface area contributed by atoms with Crippen LogP contribution < -0.4 is 15.6 Å². The molecule has 2 aromatic rings. The SMILES string of the molecule is N#CCC(=O)NNC(=O)COc1ccc2ccccc2c1. The topological polar surface area (TPSA) is 91.2 Å². The molecule has 6 nitrogen and oxygen atoms in total. The zero-order chi connectivity index (χ0) is 15.1. The van der Waals surface area contributed by atoms with E-state index >= 15 is 0 Å². The first-order chi connectivity index (χ1) is 10.2. The van der Waals surface area contributed by atoms with Gasteiger partial charge < -0.3 is 4.74 Å². The van der Waals surface area contributed by atoms with E-state index in [4.69, 9.17) is 10.00 Å². The lowest BCUT2D eigenvalue weighted by Gasteiger charge is -2.08. The van der Waals surface area contributed by atoms with Crippen LogP contribution in [0.15, 0.2) is 42.5 Å². The van der Waals surface area contributed by atoms with Gasteiger partial charge in [-0.25, -0.2) is 0 Å². The molecule has 0 atom stereocenters. The summed E-state index contributed by atoms with van der Waals surface area (Å²) in [5.41, 5.74) is 4.27. The van der Waals surface area contributed by atoms with E-state index in [1.807, 2.05) is 36.4 Å². The molecule has 0 aromatic heterocycles. The molecule has 0 saturated carbocycles. The lowest BCUT2D eigenvalue weighted by atomic mass is 10.1. The third-order valence-electron chi connectivity index (χ3n) is 2.67. The van der Waals surface area contributed by atoms with E-state index in [1.165, 1.54) is 0 Å². The van der Waals surface area contributed by atoms with E-state index in [2.05, 4.69) is 10.9 Å². The smallest absolute Gasteiger partial charge is 0.276 e. The summed E-state index contributed by atoms with van der Waals surface area (Å²) in [7, 11) is 0. The molecule has 0 spiro atoms. The number of benzene rings is 2. The van der Waals surface area contributed by atoms with E-state index in [9.17, 15) is 9.59 Å². The van der Waals surface area contributed by atoms with Crippen molar-refractivity contribution in [1.29, 1.82) is 5.26 Å². The number of ether oxygens (including phenoxy) is 1. The molecule has 2 rings (SSSR count). The van der Waals surface area contributed by atoms with E-state index in [0.29, 0.717) is 5.75 Å². The monoisotopic (exact) mass is 283 g/mol. The summed E-state index contributed by atoms with van der Waals surface area (Å²) in [6.07, 6.45) is -0.314. The molecule has 2 N–H and O–H groups in total. The summed E-state index contributed by atoms with van der Waals surface area (Å²) >= 11 is 0. The predicted octanol–water partition coefficient (Wildman–Crippen LogP) is 1.28. The Morgan fingerprint density at radius 1 is 1.05 bits per heavy atom. The largest absolute Gasteiger partial charge is 0.484 e. The number of nitrogens with one attached hydrogen (secondary N) is 2. The van der Waals surface area contributed by atoms with Gasteiger partial charge in [-0.05, 0) is 22.9 Å². The van der Waals surface area contributed by atoms with Gasteiger partial charge in [-0.1, -0.05) is 30.3 Å². The Bertz CT molecular complexity index is 707. The molecule has 0 bridgehead atoms. The van der Waals surface area contributed by atoms with Crippen LogP contribution in [0.1, 0.15) is 6.42 Å². The molecule has 6 heteroatoms. The van der Waals surface area contributed by atoms with Crippen LogP contribution in [0.25, 0.3) is 10.8 Å².